The molecule has 0 N–H and O–H groups in total. The lowest BCUT2D eigenvalue weighted by Crippen LogP contribution is -2.14. The van der Waals surface area contributed by atoms with E-state index < -0.39 is 0 Å². The fraction of sp³-hybridized carbons (Fsp3) is 0.200. The summed E-state index contributed by atoms with van der Waals surface area (Å²) >= 11 is 0. The van der Waals surface area contributed by atoms with Gasteiger partial charge in [0, 0.05) is 16.7 Å². The van der Waals surface area contributed by atoms with E-state index in [2.05, 4.69) is 0 Å². The zero-order chi connectivity index (χ0) is 16.9. The zero-order valence-electron chi connectivity index (χ0n) is 13.4. The van der Waals surface area contributed by atoms with E-state index in [0.717, 1.165) is 34.4 Å². The Kier molecular flexibility index (Phi) is 4.62. The lowest BCUT2D eigenvalue weighted by Gasteiger charge is -2.18. The molecule has 0 saturated heterocycles. The molecule has 24 heavy (non-hydrogen) atoms. The summed E-state index contributed by atoms with van der Waals surface area (Å²) < 4.78 is 10.7. The number of aryl methyl sites for hydroxylation is 1. The van der Waals surface area contributed by atoms with Crippen LogP contribution in [-0.2, 0) is 6.42 Å². The fourth-order valence-electron chi connectivity index (χ4n) is 2.85. The summed E-state index contributed by atoms with van der Waals surface area (Å²) in [6.07, 6.45) is 3.33. The molecule has 120 valence electrons. The van der Waals surface area contributed by atoms with Gasteiger partial charge in [-0.2, -0.15) is 5.26 Å². The monoisotopic (exact) mass is 319 g/mol. The van der Waals surface area contributed by atoms with Crippen molar-refractivity contribution in [2.24, 2.45) is 0 Å². The Hall–Kier alpha value is -3.06. The lowest BCUT2D eigenvalue weighted by molar-refractivity contribution is 0.102. The second kappa shape index (κ2) is 7.01. The highest BCUT2D eigenvalue weighted by molar-refractivity contribution is 6.13. The summed E-state index contributed by atoms with van der Waals surface area (Å²) in [4.78, 5) is 12.7. The number of para-hydroxylation sites is 1. The SMILES string of the molecule is COc1ccc2c(c1)CC/C(=C/c1ccccc1OCC#N)C2=O. The van der Waals surface area contributed by atoms with Crippen molar-refractivity contribution in [2.45, 2.75) is 12.8 Å². The van der Waals surface area contributed by atoms with Crippen LogP contribution in [0.1, 0.15) is 27.9 Å². The smallest absolute Gasteiger partial charge is 0.189 e. The molecule has 1 aliphatic carbocycles. The summed E-state index contributed by atoms with van der Waals surface area (Å²) in [7, 11) is 1.62. The van der Waals surface area contributed by atoms with Gasteiger partial charge in [-0.1, -0.05) is 18.2 Å². The molecular weight excluding hydrogens is 302 g/mol. The van der Waals surface area contributed by atoms with E-state index in [1.165, 1.54) is 0 Å². The molecular formula is C20H17NO3. The number of nitriles is 1. The van der Waals surface area contributed by atoms with Gasteiger partial charge in [0.1, 0.15) is 17.6 Å². The molecule has 2 aromatic rings. The number of hydrogen-bond donors (Lipinski definition) is 0. The van der Waals surface area contributed by atoms with E-state index in [1.807, 2.05) is 48.5 Å². The molecule has 0 bridgehead atoms. The van der Waals surface area contributed by atoms with E-state index in [1.54, 1.807) is 13.2 Å². The number of nitrogens with zero attached hydrogens (tertiary/aromatic N) is 1. The minimum absolute atomic E-state index is 0.0171. The van der Waals surface area contributed by atoms with Gasteiger partial charge in [0.15, 0.2) is 12.4 Å². The molecule has 0 heterocycles. The van der Waals surface area contributed by atoms with Crippen LogP contribution in [0.2, 0.25) is 0 Å². The van der Waals surface area contributed by atoms with Crippen molar-refractivity contribution in [3.8, 4) is 17.6 Å². The Morgan fingerprint density at radius 1 is 1.21 bits per heavy atom. The molecule has 0 aliphatic heterocycles. The number of Topliss-reactive ketones (excluding diaryl/α,β-unsaturated/α-hetero) is 1. The summed E-state index contributed by atoms with van der Waals surface area (Å²) in [6.45, 7) is -0.0171. The third-order valence-electron chi connectivity index (χ3n) is 4.05. The number of benzene rings is 2. The first-order chi connectivity index (χ1) is 11.7. The lowest BCUT2D eigenvalue weighted by atomic mass is 9.86. The highest BCUT2D eigenvalue weighted by Gasteiger charge is 2.22. The van der Waals surface area contributed by atoms with Crippen LogP contribution in [0.3, 0.4) is 0 Å². The van der Waals surface area contributed by atoms with Crippen molar-refractivity contribution in [1.82, 2.24) is 0 Å². The van der Waals surface area contributed by atoms with Crippen LogP contribution in [0, 0.1) is 11.3 Å². The van der Waals surface area contributed by atoms with Gasteiger partial charge in [-0.15, -0.1) is 0 Å². The number of methoxy groups -OCH3 is 1. The maximum absolute atomic E-state index is 12.7. The molecule has 0 aromatic heterocycles. The van der Waals surface area contributed by atoms with Crippen molar-refractivity contribution in [1.29, 1.82) is 5.26 Å². The minimum Gasteiger partial charge on any atom is -0.497 e. The van der Waals surface area contributed by atoms with Crippen molar-refractivity contribution in [3.05, 3.63) is 64.7 Å². The Labute approximate surface area is 140 Å². The first-order valence-electron chi connectivity index (χ1n) is 7.74. The average molecular weight is 319 g/mol. The molecule has 2 aromatic carbocycles. The van der Waals surface area contributed by atoms with E-state index in [-0.39, 0.29) is 12.4 Å². The Bertz CT molecular complexity index is 846. The fourth-order valence-corrected chi connectivity index (χ4v) is 2.85. The number of ether oxygens (including phenoxy) is 2. The number of carbonyl (C=O) groups is 1. The van der Waals surface area contributed by atoms with Gasteiger partial charge in [0.2, 0.25) is 0 Å². The van der Waals surface area contributed by atoms with Gasteiger partial charge >= 0.3 is 0 Å². The summed E-state index contributed by atoms with van der Waals surface area (Å²) in [5, 5.41) is 8.68. The van der Waals surface area contributed by atoms with E-state index >= 15 is 0 Å². The highest BCUT2D eigenvalue weighted by Crippen LogP contribution is 2.31. The maximum Gasteiger partial charge on any atom is 0.189 e. The van der Waals surface area contributed by atoms with Gasteiger partial charge in [0.05, 0.1) is 7.11 Å². The van der Waals surface area contributed by atoms with E-state index in [9.17, 15) is 4.79 Å². The van der Waals surface area contributed by atoms with Gasteiger partial charge in [-0.25, -0.2) is 0 Å². The molecule has 1 aliphatic rings. The first kappa shape index (κ1) is 15.8. The predicted octanol–water partition coefficient (Wildman–Crippen LogP) is 3.81. The quantitative estimate of drug-likeness (QED) is 0.804. The van der Waals surface area contributed by atoms with Crippen molar-refractivity contribution >= 4 is 11.9 Å². The average Bonchev–Trinajstić information content (AvgIpc) is 2.63. The number of rotatable bonds is 4. The largest absolute Gasteiger partial charge is 0.497 e. The minimum atomic E-state index is -0.0171. The molecule has 0 atom stereocenters. The number of hydrogen-bond acceptors (Lipinski definition) is 4. The van der Waals surface area contributed by atoms with Gasteiger partial charge in [-0.3, -0.25) is 4.79 Å². The Morgan fingerprint density at radius 2 is 2.04 bits per heavy atom. The highest BCUT2D eigenvalue weighted by atomic mass is 16.5. The molecule has 4 heteroatoms. The normalized spacial score (nSPS) is 14.8. The maximum atomic E-state index is 12.7. The summed E-state index contributed by atoms with van der Waals surface area (Å²) in [6, 6.07) is 14.9. The second-order valence-electron chi connectivity index (χ2n) is 5.51. The Morgan fingerprint density at radius 3 is 2.83 bits per heavy atom. The third-order valence-corrected chi connectivity index (χ3v) is 4.05. The van der Waals surface area contributed by atoms with Crippen LogP contribution >= 0.6 is 0 Å². The van der Waals surface area contributed by atoms with Crippen molar-refractivity contribution in [3.63, 3.8) is 0 Å². The molecule has 0 radical (unpaired) electrons. The van der Waals surface area contributed by atoms with Gasteiger partial charge in [-0.05, 0) is 48.7 Å². The molecule has 0 saturated carbocycles. The zero-order valence-corrected chi connectivity index (χ0v) is 13.4. The second-order valence-corrected chi connectivity index (χ2v) is 5.51. The topological polar surface area (TPSA) is 59.3 Å². The molecule has 4 nitrogen and oxygen atoms in total. The van der Waals surface area contributed by atoms with Gasteiger partial charge < -0.3 is 9.47 Å². The molecule has 3 rings (SSSR count). The number of allylic oxidation sites excluding steroid dienone is 1. The molecule has 0 spiro atoms. The summed E-state index contributed by atoms with van der Waals surface area (Å²) in [5.41, 5.74) is 3.31. The first-order valence-corrected chi connectivity index (χ1v) is 7.74. The van der Waals surface area contributed by atoms with Crippen LogP contribution in [0.5, 0.6) is 11.5 Å². The third kappa shape index (κ3) is 3.16. The van der Waals surface area contributed by atoms with Crippen LogP contribution < -0.4 is 9.47 Å². The number of carbonyl (C=O) groups excluding carboxylic acids is 1. The standard InChI is InChI=1S/C20H17NO3/c1-23-17-8-9-18-14(13-17)6-7-16(20(18)22)12-15-4-2-3-5-19(15)24-11-10-21/h2-5,8-9,12-13H,6-7,11H2,1H3/b16-12-. The van der Waals surface area contributed by atoms with Crippen LogP contribution in [-0.4, -0.2) is 19.5 Å². The van der Waals surface area contributed by atoms with Crippen LogP contribution in [0.25, 0.3) is 6.08 Å². The van der Waals surface area contributed by atoms with E-state index in [4.69, 9.17) is 14.7 Å². The van der Waals surface area contributed by atoms with Crippen molar-refractivity contribution in [2.75, 3.05) is 13.7 Å². The summed E-state index contributed by atoms with van der Waals surface area (Å²) in [5.74, 6) is 1.41. The predicted molar refractivity (Wildman–Crippen MR) is 91.2 cm³/mol. The molecule has 0 fully saturated rings. The number of fused-ring (bicyclic) bond motifs is 1. The molecule has 0 unspecified atom stereocenters. The van der Waals surface area contributed by atoms with Gasteiger partial charge in [0.25, 0.3) is 0 Å². The van der Waals surface area contributed by atoms with Crippen LogP contribution in [0.15, 0.2) is 48.0 Å². The number of ketones is 1. The van der Waals surface area contributed by atoms with Crippen LogP contribution in [0.4, 0.5) is 0 Å². The Balaban J connectivity index is 1.92. The van der Waals surface area contributed by atoms with E-state index in [0.29, 0.717) is 12.2 Å². The van der Waals surface area contributed by atoms with Crippen molar-refractivity contribution < 1.29 is 14.3 Å². The molecule has 0 amide bonds.